The Hall–Kier alpha value is -2.53. The van der Waals surface area contributed by atoms with Crippen LogP contribution in [0.5, 0.6) is 0 Å². The van der Waals surface area contributed by atoms with E-state index in [1.807, 2.05) is 24.3 Å². The molecule has 0 spiro atoms. The van der Waals surface area contributed by atoms with Crippen molar-refractivity contribution in [1.29, 1.82) is 0 Å². The summed E-state index contributed by atoms with van der Waals surface area (Å²) in [5.41, 5.74) is 3.02. The predicted molar refractivity (Wildman–Crippen MR) is 88.0 cm³/mol. The molecule has 2 heterocycles. The standard InChI is InChI=1S/C17H13ClN2O3/c18-12-5-6-15-14(9-12)20(17(22)23-15)10-16(21)19-8-7-11-3-1-2-4-13(11)19/h1-6,9H,7-8,10H2. The van der Waals surface area contributed by atoms with Gasteiger partial charge in [0.25, 0.3) is 0 Å². The molecule has 1 amide bonds. The third-order valence-electron chi connectivity index (χ3n) is 4.11. The molecule has 3 aromatic rings. The number of nitrogens with zero attached hydrogens (tertiary/aromatic N) is 2. The second-order valence-corrected chi connectivity index (χ2v) is 5.93. The molecule has 0 saturated heterocycles. The van der Waals surface area contributed by atoms with Gasteiger partial charge in [0.2, 0.25) is 5.91 Å². The van der Waals surface area contributed by atoms with Crippen molar-refractivity contribution in [2.24, 2.45) is 0 Å². The number of fused-ring (bicyclic) bond motifs is 2. The SMILES string of the molecule is O=C(Cn1c(=O)oc2ccc(Cl)cc21)N1CCc2ccccc21. The van der Waals surface area contributed by atoms with Crippen molar-refractivity contribution in [3.8, 4) is 0 Å². The number of carbonyl (C=O) groups excluding carboxylic acids is 1. The van der Waals surface area contributed by atoms with E-state index in [-0.39, 0.29) is 12.5 Å². The third kappa shape index (κ3) is 2.33. The number of para-hydroxylation sites is 1. The molecular weight excluding hydrogens is 316 g/mol. The van der Waals surface area contributed by atoms with Crippen LogP contribution < -0.4 is 10.7 Å². The largest absolute Gasteiger partial charge is 0.420 e. The van der Waals surface area contributed by atoms with Gasteiger partial charge in [0, 0.05) is 17.3 Å². The third-order valence-corrected chi connectivity index (χ3v) is 4.35. The maximum absolute atomic E-state index is 12.6. The Morgan fingerprint density at radius 3 is 2.91 bits per heavy atom. The summed E-state index contributed by atoms with van der Waals surface area (Å²) in [6, 6.07) is 12.7. The van der Waals surface area contributed by atoms with Crippen LogP contribution in [0.4, 0.5) is 5.69 Å². The second kappa shape index (κ2) is 5.28. The van der Waals surface area contributed by atoms with Crippen LogP contribution >= 0.6 is 11.6 Å². The molecule has 1 aliphatic rings. The van der Waals surface area contributed by atoms with Crippen LogP contribution in [0.3, 0.4) is 0 Å². The molecule has 0 fully saturated rings. The lowest BCUT2D eigenvalue weighted by molar-refractivity contribution is -0.119. The van der Waals surface area contributed by atoms with E-state index in [0.717, 1.165) is 17.7 Å². The van der Waals surface area contributed by atoms with Crippen LogP contribution in [-0.2, 0) is 17.8 Å². The normalized spacial score (nSPS) is 13.5. The Bertz CT molecular complexity index is 973. The van der Waals surface area contributed by atoms with Crippen molar-refractivity contribution in [3.05, 3.63) is 63.6 Å². The van der Waals surface area contributed by atoms with E-state index in [9.17, 15) is 9.59 Å². The van der Waals surface area contributed by atoms with Crippen molar-refractivity contribution in [2.75, 3.05) is 11.4 Å². The first-order chi connectivity index (χ1) is 11.1. The van der Waals surface area contributed by atoms with Gasteiger partial charge < -0.3 is 9.32 Å². The number of aromatic nitrogens is 1. The molecule has 4 rings (SSSR count). The highest BCUT2D eigenvalue weighted by Gasteiger charge is 2.25. The number of carbonyl (C=O) groups is 1. The number of benzene rings is 2. The molecule has 0 saturated carbocycles. The van der Waals surface area contributed by atoms with Gasteiger partial charge in [-0.15, -0.1) is 0 Å². The number of anilines is 1. The minimum atomic E-state index is -0.553. The molecule has 1 aromatic heterocycles. The smallest absolute Gasteiger partial charge is 0.408 e. The van der Waals surface area contributed by atoms with Gasteiger partial charge in [0.15, 0.2) is 5.58 Å². The Kier molecular flexibility index (Phi) is 3.23. The summed E-state index contributed by atoms with van der Waals surface area (Å²) in [6.07, 6.45) is 0.828. The van der Waals surface area contributed by atoms with Crippen LogP contribution in [0.2, 0.25) is 5.02 Å². The van der Waals surface area contributed by atoms with E-state index in [0.29, 0.717) is 22.7 Å². The van der Waals surface area contributed by atoms with Gasteiger partial charge >= 0.3 is 5.76 Å². The Morgan fingerprint density at radius 1 is 1.22 bits per heavy atom. The molecule has 23 heavy (non-hydrogen) atoms. The van der Waals surface area contributed by atoms with Crippen molar-refractivity contribution >= 4 is 34.3 Å². The zero-order valence-corrected chi connectivity index (χ0v) is 12.9. The van der Waals surface area contributed by atoms with E-state index in [1.165, 1.54) is 4.57 Å². The molecule has 0 atom stereocenters. The Labute approximate surface area is 136 Å². The zero-order chi connectivity index (χ0) is 16.0. The molecule has 2 aromatic carbocycles. The number of hydrogen-bond donors (Lipinski definition) is 0. The van der Waals surface area contributed by atoms with Crippen LogP contribution in [0.25, 0.3) is 11.1 Å². The average molecular weight is 329 g/mol. The van der Waals surface area contributed by atoms with Gasteiger partial charge in [0.1, 0.15) is 6.54 Å². The van der Waals surface area contributed by atoms with E-state index in [2.05, 4.69) is 0 Å². The van der Waals surface area contributed by atoms with Crippen LogP contribution in [0, 0.1) is 0 Å². The molecule has 116 valence electrons. The quantitative estimate of drug-likeness (QED) is 0.727. The summed E-state index contributed by atoms with van der Waals surface area (Å²) >= 11 is 5.98. The number of oxazole rings is 1. The zero-order valence-electron chi connectivity index (χ0n) is 12.2. The molecule has 0 bridgehead atoms. The fourth-order valence-electron chi connectivity index (χ4n) is 3.00. The monoisotopic (exact) mass is 328 g/mol. The minimum absolute atomic E-state index is 0.0689. The van der Waals surface area contributed by atoms with Crippen molar-refractivity contribution in [1.82, 2.24) is 4.57 Å². The van der Waals surface area contributed by atoms with E-state index < -0.39 is 5.76 Å². The maximum atomic E-state index is 12.6. The first-order valence-corrected chi connectivity index (χ1v) is 7.68. The highest BCUT2D eigenvalue weighted by molar-refractivity contribution is 6.31. The molecular formula is C17H13ClN2O3. The summed E-state index contributed by atoms with van der Waals surface area (Å²) in [6.45, 7) is 0.560. The second-order valence-electron chi connectivity index (χ2n) is 5.49. The lowest BCUT2D eigenvalue weighted by Crippen LogP contribution is -2.34. The highest BCUT2D eigenvalue weighted by atomic mass is 35.5. The van der Waals surface area contributed by atoms with Crippen molar-refractivity contribution in [3.63, 3.8) is 0 Å². The van der Waals surface area contributed by atoms with Crippen LogP contribution in [0.1, 0.15) is 5.56 Å². The number of amides is 1. The molecule has 1 aliphatic heterocycles. The van der Waals surface area contributed by atoms with Gasteiger partial charge in [-0.3, -0.25) is 9.36 Å². The van der Waals surface area contributed by atoms with Gasteiger partial charge in [-0.2, -0.15) is 0 Å². The summed E-state index contributed by atoms with van der Waals surface area (Å²) in [5.74, 6) is -0.692. The van der Waals surface area contributed by atoms with E-state index in [4.69, 9.17) is 16.0 Å². The maximum Gasteiger partial charge on any atom is 0.420 e. The molecule has 0 N–H and O–H groups in total. The average Bonchev–Trinajstić information content (AvgIpc) is 3.10. The first-order valence-electron chi connectivity index (χ1n) is 7.30. The van der Waals surface area contributed by atoms with Gasteiger partial charge in [0.05, 0.1) is 5.52 Å². The van der Waals surface area contributed by atoms with E-state index >= 15 is 0 Å². The number of halogens is 1. The molecule has 0 radical (unpaired) electrons. The topological polar surface area (TPSA) is 55.5 Å². The van der Waals surface area contributed by atoms with Crippen molar-refractivity contribution in [2.45, 2.75) is 13.0 Å². The number of rotatable bonds is 2. The van der Waals surface area contributed by atoms with Crippen LogP contribution in [0.15, 0.2) is 51.7 Å². The van der Waals surface area contributed by atoms with Gasteiger partial charge in [-0.1, -0.05) is 29.8 Å². The number of hydrogen-bond acceptors (Lipinski definition) is 3. The highest BCUT2D eigenvalue weighted by Crippen LogP contribution is 2.28. The molecule has 0 aliphatic carbocycles. The first kappa shape index (κ1) is 14.1. The lowest BCUT2D eigenvalue weighted by Gasteiger charge is -2.17. The summed E-state index contributed by atoms with van der Waals surface area (Å²) in [7, 11) is 0. The molecule has 5 nitrogen and oxygen atoms in total. The van der Waals surface area contributed by atoms with Crippen LogP contribution in [-0.4, -0.2) is 17.0 Å². The summed E-state index contributed by atoms with van der Waals surface area (Å²) in [5, 5.41) is 0.492. The van der Waals surface area contributed by atoms with Crippen molar-refractivity contribution < 1.29 is 9.21 Å². The van der Waals surface area contributed by atoms with Gasteiger partial charge in [-0.25, -0.2) is 4.79 Å². The molecule has 0 unspecified atom stereocenters. The summed E-state index contributed by atoms with van der Waals surface area (Å²) in [4.78, 5) is 26.4. The van der Waals surface area contributed by atoms with E-state index in [1.54, 1.807) is 23.1 Å². The predicted octanol–water partition coefficient (Wildman–Crippen LogP) is 2.84. The lowest BCUT2D eigenvalue weighted by atomic mass is 10.2. The van der Waals surface area contributed by atoms with Gasteiger partial charge in [-0.05, 0) is 36.2 Å². The fraction of sp³-hybridized carbons (Fsp3) is 0.176. The molecule has 6 heteroatoms. The Balaban J connectivity index is 1.69. The fourth-order valence-corrected chi connectivity index (χ4v) is 3.17. The minimum Gasteiger partial charge on any atom is -0.408 e. The summed E-state index contributed by atoms with van der Waals surface area (Å²) < 4.78 is 6.49. The Morgan fingerprint density at radius 2 is 2.04 bits per heavy atom.